The Morgan fingerprint density at radius 3 is 2.32 bits per heavy atom. The van der Waals surface area contributed by atoms with Crippen molar-refractivity contribution >= 4 is 22.2 Å². The third kappa shape index (κ3) is 3.84. The molecular weight excluding hydrogens is 349 g/mol. The van der Waals surface area contributed by atoms with Crippen molar-refractivity contribution in [2.45, 2.75) is 50.0 Å². The molecule has 1 fully saturated rings. The van der Waals surface area contributed by atoms with Crippen LogP contribution in [0.2, 0.25) is 0 Å². The zero-order chi connectivity index (χ0) is 19.0. The van der Waals surface area contributed by atoms with Gasteiger partial charge in [0.15, 0.2) is 9.84 Å². The van der Waals surface area contributed by atoms with Gasteiger partial charge in [-0.3, -0.25) is 0 Å². The lowest BCUT2D eigenvalue weighted by molar-refractivity contribution is -0.110. The number of aldehydes is 1. The van der Waals surface area contributed by atoms with Crippen LogP contribution in [0, 0.1) is 5.82 Å². The molecule has 1 aromatic rings. The van der Waals surface area contributed by atoms with E-state index in [2.05, 4.69) is 5.32 Å². The van der Waals surface area contributed by atoms with E-state index in [1.165, 1.54) is 31.2 Å². The number of benzene rings is 1. The summed E-state index contributed by atoms with van der Waals surface area (Å²) in [4.78, 5) is 23.9. The summed E-state index contributed by atoms with van der Waals surface area (Å²) in [6.07, 6.45) is -0.441. The van der Waals surface area contributed by atoms with E-state index >= 15 is 0 Å². The van der Waals surface area contributed by atoms with E-state index < -0.39 is 44.1 Å². The number of carbonyl (C=O) groups is 2. The molecule has 6 nitrogen and oxygen atoms in total. The molecule has 2 rings (SSSR count). The molecule has 0 unspecified atom stereocenters. The molecule has 0 spiro atoms. The highest BCUT2D eigenvalue weighted by atomic mass is 32.2. The van der Waals surface area contributed by atoms with Gasteiger partial charge in [0.2, 0.25) is 0 Å². The lowest BCUT2D eigenvalue weighted by Crippen LogP contribution is -2.45. The number of ether oxygens (including phenoxy) is 1. The van der Waals surface area contributed by atoms with Gasteiger partial charge in [-0.25, -0.2) is 17.6 Å². The predicted molar refractivity (Wildman–Crippen MR) is 90.6 cm³/mol. The normalized spacial score (nSPS) is 26.0. The second-order valence-electron chi connectivity index (χ2n) is 7.08. The van der Waals surface area contributed by atoms with Crippen molar-refractivity contribution in [3.05, 3.63) is 35.6 Å². The number of rotatable bonds is 5. The Labute approximate surface area is 146 Å². The van der Waals surface area contributed by atoms with Gasteiger partial charge in [-0.05, 0) is 38.5 Å². The first kappa shape index (κ1) is 19.4. The molecule has 0 saturated heterocycles. The number of hydrogen-bond donors (Lipinski definition) is 1. The summed E-state index contributed by atoms with van der Waals surface area (Å²) in [6, 6.07) is 5.21. The van der Waals surface area contributed by atoms with Crippen LogP contribution in [0.4, 0.5) is 9.18 Å². The van der Waals surface area contributed by atoms with Crippen LogP contribution in [0.5, 0.6) is 0 Å². The van der Waals surface area contributed by atoms with Gasteiger partial charge in [0, 0.05) is 11.7 Å². The highest BCUT2D eigenvalue weighted by Crippen LogP contribution is 2.55. The van der Waals surface area contributed by atoms with Gasteiger partial charge >= 0.3 is 6.09 Å². The van der Waals surface area contributed by atoms with E-state index in [9.17, 15) is 22.4 Å². The molecule has 1 aromatic carbocycles. The van der Waals surface area contributed by atoms with Crippen LogP contribution in [0.25, 0.3) is 0 Å². The van der Waals surface area contributed by atoms with Crippen LogP contribution in [0.3, 0.4) is 0 Å². The van der Waals surface area contributed by atoms with Gasteiger partial charge in [0.25, 0.3) is 0 Å². The van der Waals surface area contributed by atoms with Gasteiger partial charge < -0.3 is 14.8 Å². The van der Waals surface area contributed by atoms with Crippen LogP contribution in [-0.2, 0) is 19.4 Å². The average Bonchev–Trinajstić information content (AvgIpc) is 3.15. The fourth-order valence-corrected chi connectivity index (χ4v) is 4.91. The number of amides is 1. The maximum Gasteiger partial charge on any atom is 0.408 e. The lowest BCUT2D eigenvalue weighted by atomic mass is 10.1. The number of nitrogens with one attached hydrogen (secondary N) is 1. The van der Waals surface area contributed by atoms with Gasteiger partial charge in [0.05, 0.1) is 0 Å². The van der Waals surface area contributed by atoms with E-state index in [-0.39, 0.29) is 5.75 Å². The summed E-state index contributed by atoms with van der Waals surface area (Å²) in [6.45, 7) is 6.44. The van der Waals surface area contributed by atoms with Crippen molar-refractivity contribution in [2.24, 2.45) is 0 Å². The van der Waals surface area contributed by atoms with Crippen molar-refractivity contribution in [1.82, 2.24) is 5.32 Å². The zero-order valence-corrected chi connectivity index (χ0v) is 15.4. The largest absolute Gasteiger partial charge is 0.444 e. The molecule has 0 aromatic heterocycles. The predicted octanol–water partition coefficient (Wildman–Crippen LogP) is 2.19. The minimum atomic E-state index is -3.64. The zero-order valence-electron chi connectivity index (χ0n) is 14.6. The molecule has 1 N–H and O–H groups in total. The molecule has 1 aliphatic carbocycles. The number of alkyl carbamates (subject to hydrolysis) is 1. The standard InChI is InChI=1S/C17H22FNO5S/c1-5-25(22,23)14-13(11-6-8-12(18)9-7-11)17(14,10-20)19-15(21)24-16(2,3)4/h6-10,13-14H,5H2,1-4H3,(H,19,21)/t13-,14+,17-/m0/s1. The highest BCUT2D eigenvalue weighted by Gasteiger charge is 2.72. The molecule has 1 amide bonds. The Morgan fingerprint density at radius 2 is 1.88 bits per heavy atom. The minimum Gasteiger partial charge on any atom is -0.444 e. The molecule has 0 heterocycles. The molecule has 1 saturated carbocycles. The first-order valence-electron chi connectivity index (χ1n) is 7.91. The topological polar surface area (TPSA) is 89.5 Å². The lowest BCUT2D eigenvalue weighted by Gasteiger charge is -2.22. The first-order chi connectivity index (χ1) is 11.5. The van der Waals surface area contributed by atoms with Crippen molar-refractivity contribution in [1.29, 1.82) is 0 Å². The second kappa shape index (κ2) is 6.40. The Kier molecular flexibility index (Phi) is 4.96. The molecule has 138 valence electrons. The maximum atomic E-state index is 13.2. The van der Waals surface area contributed by atoms with Crippen LogP contribution >= 0.6 is 0 Å². The van der Waals surface area contributed by atoms with Gasteiger partial charge in [0.1, 0.15) is 28.5 Å². The van der Waals surface area contributed by atoms with Crippen molar-refractivity contribution in [3.63, 3.8) is 0 Å². The fourth-order valence-electron chi connectivity index (χ4n) is 2.98. The minimum absolute atomic E-state index is 0.180. The monoisotopic (exact) mass is 371 g/mol. The number of sulfone groups is 1. The third-order valence-corrected chi connectivity index (χ3v) is 6.35. The smallest absolute Gasteiger partial charge is 0.408 e. The van der Waals surface area contributed by atoms with E-state index in [1.54, 1.807) is 20.8 Å². The van der Waals surface area contributed by atoms with Crippen molar-refractivity contribution < 1.29 is 27.1 Å². The van der Waals surface area contributed by atoms with E-state index in [4.69, 9.17) is 4.74 Å². The summed E-state index contributed by atoms with van der Waals surface area (Å²) >= 11 is 0. The summed E-state index contributed by atoms with van der Waals surface area (Å²) in [7, 11) is -3.64. The Bertz CT molecular complexity index is 769. The summed E-state index contributed by atoms with van der Waals surface area (Å²) < 4.78 is 43.2. The van der Waals surface area contributed by atoms with E-state index in [0.717, 1.165) is 0 Å². The fraction of sp³-hybridized carbons (Fsp3) is 0.529. The van der Waals surface area contributed by atoms with Crippen LogP contribution in [-0.4, -0.2) is 42.9 Å². The quantitative estimate of drug-likeness (QED) is 0.802. The van der Waals surface area contributed by atoms with E-state index in [0.29, 0.717) is 11.8 Å². The van der Waals surface area contributed by atoms with Gasteiger partial charge in [-0.1, -0.05) is 19.1 Å². The molecule has 0 aliphatic heterocycles. The molecule has 8 heteroatoms. The van der Waals surface area contributed by atoms with Crippen molar-refractivity contribution in [3.8, 4) is 0 Å². The molecule has 25 heavy (non-hydrogen) atoms. The van der Waals surface area contributed by atoms with Crippen LogP contribution in [0.15, 0.2) is 24.3 Å². The van der Waals surface area contributed by atoms with Gasteiger partial charge in [-0.2, -0.15) is 0 Å². The second-order valence-corrected chi connectivity index (χ2v) is 9.49. The van der Waals surface area contributed by atoms with Gasteiger partial charge in [-0.15, -0.1) is 0 Å². The SMILES string of the molecule is CCS(=O)(=O)[C@@H]1[C@H](c2ccc(F)cc2)[C@]1(C=O)NC(=O)OC(C)(C)C. The molecular formula is C17H22FNO5S. The highest BCUT2D eigenvalue weighted by molar-refractivity contribution is 7.92. The third-order valence-electron chi connectivity index (χ3n) is 4.11. The maximum absolute atomic E-state index is 13.2. The van der Waals surface area contributed by atoms with E-state index in [1.807, 2.05) is 0 Å². The van der Waals surface area contributed by atoms with Crippen LogP contribution < -0.4 is 5.32 Å². The molecule has 3 atom stereocenters. The van der Waals surface area contributed by atoms with Crippen molar-refractivity contribution in [2.75, 3.05) is 5.75 Å². The number of halogens is 1. The average molecular weight is 371 g/mol. The molecule has 0 radical (unpaired) electrons. The Hall–Kier alpha value is -1.96. The number of hydrogen-bond acceptors (Lipinski definition) is 5. The first-order valence-corrected chi connectivity index (χ1v) is 9.63. The van der Waals surface area contributed by atoms with Crippen LogP contribution in [0.1, 0.15) is 39.2 Å². The Balaban J connectivity index is 2.40. The summed E-state index contributed by atoms with van der Waals surface area (Å²) in [5.41, 5.74) is -1.95. The summed E-state index contributed by atoms with van der Waals surface area (Å²) in [5.74, 6) is -1.44. The molecule has 1 aliphatic rings. The Morgan fingerprint density at radius 1 is 1.32 bits per heavy atom. The number of carbonyl (C=O) groups excluding carboxylic acids is 2. The summed E-state index contributed by atoms with van der Waals surface area (Å²) in [5, 5.41) is 1.31. The molecule has 0 bridgehead atoms.